The molecule has 1 aliphatic rings. The average molecular weight is 386 g/mol. The molecule has 9 heteroatoms. The van der Waals surface area contributed by atoms with Gasteiger partial charge in [0.15, 0.2) is 5.58 Å². The quantitative estimate of drug-likeness (QED) is 0.591. The fraction of sp³-hybridized carbons (Fsp3) is 0.526. The van der Waals surface area contributed by atoms with Crippen LogP contribution in [0.5, 0.6) is 0 Å². The van der Waals surface area contributed by atoms with Crippen LogP contribution in [0.25, 0.3) is 16.6 Å². The summed E-state index contributed by atoms with van der Waals surface area (Å²) in [5.74, 6) is -0.204. The number of nitrogens with zero attached hydrogens (tertiary/aromatic N) is 5. The maximum Gasteiger partial charge on any atom is 0.291 e. The van der Waals surface area contributed by atoms with Crippen molar-refractivity contribution in [3.63, 3.8) is 0 Å². The minimum atomic E-state index is -0.308. The molecule has 0 spiro atoms. The van der Waals surface area contributed by atoms with Gasteiger partial charge in [0.05, 0.1) is 11.8 Å². The zero-order chi connectivity index (χ0) is 19.5. The Kier molecular flexibility index (Phi) is 5.45. The van der Waals surface area contributed by atoms with Crippen LogP contribution in [0.15, 0.2) is 33.9 Å². The lowest BCUT2D eigenvalue weighted by molar-refractivity contribution is -0.121. The van der Waals surface area contributed by atoms with Crippen LogP contribution in [0.4, 0.5) is 0 Å². The molecule has 0 atom stereocenters. The van der Waals surface area contributed by atoms with E-state index in [1.54, 1.807) is 22.8 Å². The molecule has 3 aromatic heterocycles. The molecule has 0 saturated carbocycles. The van der Waals surface area contributed by atoms with Gasteiger partial charge in [0, 0.05) is 44.9 Å². The highest BCUT2D eigenvalue weighted by Crippen LogP contribution is 2.18. The van der Waals surface area contributed by atoms with Gasteiger partial charge < -0.3 is 19.5 Å². The molecular weight excluding hydrogens is 360 g/mol. The summed E-state index contributed by atoms with van der Waals surface area (Å²) in [7, 11) is 0. The molecule has 0 unspecified atom stereocenters. The van der Waals surface area contributed by atoms with E-state index in [2.05, 4.69) is 27.1 Å². The largest absolute Gasteiger partial charge is 0.463 e. The van der Waals surface area contributed by atoms with E-state index in [9.17, 15) is 9.59 Å². The Morgan fingerprint density at radius 3 is 2.79 bits per heavy atom. The standard InChI is InChI=1S/C19H26N6O3/c1-2-22-7-9-23(10-8-22)6-3-5-20-18(26)13-25-19(27)16-12-17-15(4-11-28-17)24(16)14-21-25/h4,11-12,14H,2-3,5-10,13H2,1H3,(H,20,26). The third kappa shape index (κ3) is 3.81. The summed E-state index contributed by atoms with van der Waals surface area (Å²) in [6.07, 6.45) is 4.01. The number of nitrogens with one attached hydrogen (secondary N) is 1. The fourth-order valence-electron chi connectivity index (χ4n) is 3.70. The van der Waals surface area contributed by atoms with E-state index in [1.165, 1.54) is 11.0 Å². The zero-order valence-corrected chi connectivity index (χ0v) is 16.1. The Morgan fingerprint density at radius 1 is 1.21 bits per heavy atom. The van der Waals surface area contributed by atoms with Crippen LogP contribution in [0.3, 0.4) is 0 Å². The SMILES string of the molecule is CCN1CCN(CCCNC(=O)Cn2ncn3c(cc4occc43)c2=O)CC1. The highest BCUT2D eigenvalue weighted by Gasteiger charge is 2.15. The maximum absolute atomic E-state index is 12.6. The van der Waals surface area contributed by atoms with Crippen molar-refractivity contribution in [2.24, 2.45) is 0 Å². The highest BCUT2D eigenvalue weighted by molar-refractivity contribution is 5.82. The Labute approximate surface area is 162 Å². The molecule has 0 radical (unpaired) electrons. The smallest absolute Gasteiger partial charge is 0.291 e. The first-order valence-electron chi connectivity index (χ1n) is 9.81. The van der Waals surface area contributed by atoms with Gasteiger partial charge >= 0.3 is 0 Å². The van der Waals surface area contributed by atoms with Crippen LogP contribution < -0.4 is 10.9 Å². The molecule has 1 saturated heterocycles. The third-order valence-corrected chi connectivity index (χ3v) is 5.40. The van der Waals surface area contributed by atoms with E-state index in [4.69, 9.17) is 4.42 Å². The Hall–Kier alpha value is -2.65. The number of hydrogen-bond donors (Lipinski definition) is 1. The lowest BCUT2D eigenvalue weighted by atomic mass is 10.3. The molecule has 1 N–H and O–H groups in total. The van der Waals surface area contributed by atoms with E-state index in [0.717, 1.165) is 51.2 Å². The summed E-state index contributed by atoms with van der Waals surface area (Å²) in [6.45, 7) is 9.19. The van der Waals surface area contributed by atoms with Gasteiger partial charge in [-0.15, -0.1) is 0 Å². The molecule has 1 fully saturated rings. The van der Waals surface area contributed by atoms with Crippen molar-refractivity contribution in [3.8, 4) is 0 Å². The highest BCUT2D eigenvalue weighted by atomic mass is 16.3. The number of fused-ring (bicyclic) bond motifs is 3. The minimum absolute atomic E-state index is 0.0863. The Morgan fingerprint density at radius 2 is 2.00 bits per heavy atom. The molecule has 1 aliphatic heterocycles. The van der Waals surface area contributed by atoms with Gasteiger partial charge in [0.2, 0.25) is 5.91 Å². The summed E-state index contributed by atoms with van der Waals surface area (Å²) >= 11 is 0. The van der Waals surface area contributed by atoms with Crippen LogP contribution >= 0.6 is 0 Å². The number of carbonyl (C=O) groups is 1. The van der Waals surface area contributed by atoms with Gasteiger partial charge in [0.1, 0.15) is 18.4 Å². The molecule has 0 bridgehead atoms. The Balaban J connectivity index is 1.27. The van der Waals surface area contributed by atoms with E-state index in [-0.39, 0.29) is 18.0 Å². The number of hydrogen-bond acceptors (Lipinski definition) is 6. The predicted octanol–water partition coefficient (Wildman–Crippen LogP) is 0.386. The van der Waals surface area contributed by atoms with Crippen molar-refractivity contribution < 1.29 is 9.21 Å². The Bertz CT molecular complexity index is 1010. The van der Waals surface area contributed by atoms with E-state index < -0.39 is 0 Å². The molecule has 150 valence electrons. The predicted molar refractivity (Wildman–Crippen MR) is 105 cm³/mol. The first-order chi connectivity index (χ1) is 13.7. The zero-order valence-electron chi connectivity index (χ0n) is 16.1. The molecule has 9 nitrogen and oxygen atoms in total. The number of piperazine rings is 1. The summed E-state index contributed by atoms with van der Waals surface area (Å²) in [5, 5.41) is 7.00. The number of likely N-dealkylation sites (N-methyl/N-ethyl adjacent to an activating group) is 1. The van der Waals surface area contributed by atoms with E-state index >= 15 is 0 Å². The van der Waals surface area contributed by atoms with E-state index in [0.29, 0.717) is 17.6 Å². The van der Waals surface area contributed by atoms with Crippen molar-refractivity contribution in [2.45, 2.75) is 19.9 Å². The van der Waals surface area contributed by atoms with Crippen LogP contribution in [0, 0.1) is 0 Å². The molecule has 1 amide bonds. The summed E-state index contributed by atoms with van der Waals surface area (Å²) < 4.78 is 8.19. The van der Waals surface area contributed by atoms with Crippen LogP contribution in [0.1, 0.15) is 13.3 Å². The minimum Gasteiger partial charge on any atom is -0.463 e. The molecule has 3 aromatic rings. The summed E-state index contributed by atoms with van der Waals surface area (Å²) in [6, 6.07) is 3.45. The van der Waals surface area contributed by atoms with Crippen molar-refractivity contribution in [1.82, 2.24) is 29.3 Å². The first-order valence-corrected chi connectivity index (χ1v) is 9.81. The maximum atomic E-state index is 12.6. The molecule has 4 heterocycles. The van der Waals surface area contributed by atoms with Crippen LogP contribution in [-0.4, -0.2) is 75.7 Å². The summed E-state index contributed by atoms with van der Waals surface area (Å²) in [4.78, 5) is 29.6. The normalized spacial score (nSPS) is 16.2. The molecule has 4 rings (SSSR count). The van der Waals surface area contributed by atoms with Gasteiger partial charge in [-0.2, -0.15) is 5.10 Å². The number of carbonyl (C=O) groups excluding carboxylic acids is 1. The van der Waals surface area contributed by atoms with Crippen LogP contribution in [-0.2, 0) is 11.3 Å². The van der Waals surface area contributed by atoms with Crippen LogP contribution in [0.2, 0.25) is 0 Å². The number of furan rings is 1. The van der Waals surface area contributed by atoms with Gasteiger partial charge in [-0.25, -0.2) is 4.68 Å². The molecule has 0 aliphatic carbocycles. The van der Waals surface area contributed by atoms with Gasteiger partial charge in [-0.3, -0.25) is 14.0 Å². The number of aromatic nitrogens is 3. The monoisotopic (exact) mass is 386 g/mol. The number of amides is 1. The lowest BCUT2D eigenvalue weighted by Crippen LogP contribution is -2.46. The first kappa shape index (κ1) is 18.7. The second-order valence-corrected chi connectivity index (χ2v) is 7.14. The molecular formula is C19H26N6O3. The average Bonchev–Trinajstić information content (AvgIpc) is 3.30. The van der Waals surface area contributed by atoms with Gasteiger partial charge in [0.25, 0.3) is 5.56 Å². The third-order valence-electron chi connectivity index (χ3n) is 5.40. The lowest BCUT2D eigenvalue weighted by Gasteiger charge is -2.33. The second-order valence-electron chi connectivity index (χ2n) is 7.14. The topological polar surface area (TPSA) is 88.0 Å². The van der Waals surface area contributed by atoms with Crippen molar-refractivity contribution in [1.29, 1.82) is 0 Å². The number of rotatable bonds is 7. The molecule has 0 aromatic carbocycles. The van der Waals surface area contributed by atoms with E-state index in [1.807, 2.05) is 0 Å². The second kappa shape index (κ2) is 8.15. The summed E-state index contributed by atoms with van der Waals surface area (Å²) in [5.41, 5.74) is 1.55. The van der Waals surface area contributed by atoms with Crippen molar-refractivity contribution >= 4 is 22.5 Å². The van der Waals surface area contributed by atoms with Gasteiger partial charge in [-0.1, -0.05) is 6.92 Å². The van der Waals surface area contributed by atoms with Gasteiger partial charge in [-0.05, 0) is 19.5 Å². The van der Waals surface area contributed by atoms with Crippen molar-refractivity contribution in [3.05, 3.63) is 35.1 Å². The molecule has 28 heavy (non-hydrogen) atoms. The van der Waals surface area contributed by atoms with Crippen molar-refractivity contribution in [2.75, 3.05) is 45.8 Å². The fourth-order valence-corrected chi connectivity index (χ4v) is 3.70.